The lowest BCUT2D eigenvalue weighted by molar-refractivity contribution is 0.180. The number of benzene rings is 1. The van der Waals surface area contributed by atoms with Gasteiger partial charge in [0.05, 0.1) is 5.66 Å². The van der Waals surface area contributed by atoms with Crippen LogP contribution in [-0.4, -0.2) is 24.7 Å². The van der Waals surface area contributed by atoms with Crippen LogP contribution in [0.3, 0.4) is 0 Å². The maximum Gasteiger partial charge on any atom is 0.0694 e. The van der Waals surface area contributed by atoms with Crippen LogP contribution >= 0.6 is 0 Å². The molecule has 1 atom stereocenters. The number of aryl methyl sites for hydroxylation is 1. The molecule has 1 aromatic rings. The van der Waals surface area contributed by atoms with E-state index in [1.54, 1.807) is 0 Å². The molecule has 0 radical (unpaired) electrons. The molecule has 15 heavy (non-hydrogen) atoms. The fraction of sp³-hybridized carbons (Fsp3) is 0.538. The van der Waals surface area contributed by atoms with Crippen molar-refractivity contribution >= 4 is 0 Å². The van der Waals surface area contributed by atoms with Crippen molar-refractivity contribution in [2.24, 2.45) is 5.73 Å². The Morgan fingerprint density at radius 3 is 2.00 bits per heavy atom. The maximum atomic E-state index is 6.19. The van der Waals surface area contributed by atoms with Gasteiger partial charge in [0, 0.05) is 6.42 Å². The highest BCUT2D eigenvalue weighted by Crippen LogP contribution is 2.13. The van der Waals surface area contributed by atoms with Crippen molar-refractivity contribution in [3.8, 4) is 0 Å². The average molecular weight is 206 g/mol. The van der Waals surface area contributed by atoms with Crippen LogP contribution in [0, 0.1) is 0 Å². The minimum Gasteiger partial charge on any atom is -0.313 e. The molecule has 0 aromatic heterocycles. The van der Waals surface area contributed by atoms with Crippen LogP contribution in [0.25, 0.3) is 0 Å². The van der Waals surface area contributed by atoms with Gasteiger partial charge in [-0.15, -0.1) is 0 Å². The van der Waals surface area contributed by atoms with Crippen LogP contribution in [0.4, 0.5) is 0 Å². The highest BCUT2D eigenvalue weighted by Gasteiger charge is 2.21. The van der Waals surface area contributed by atoms with Crippen molar-refractivity contribution in [1.29, 1.82) is 0 Å². The molecule has 2 heteroatoms. The first-order valence-electron chi connectivity index (χ1n) is 5.50. The van der Waals surface area contributed by atoms with E-state index < -0.39 is 0 Å². The summed E-state index contributed by atoms with van der Waals surface area (Å²) in [5.41, 5.74) is 8.59. The number of nitrogens with two attached hydrogens (primary N) is 1. The predicted molar refractivity (Wildman–Crippen MR) is 65.8 cm³/mol. The van der Waals surface area contributed by atoms with E-state index in [2.05, 4.69) is 43.0 Å². The third kappa shape index (κ3) is 3.33. The van der Waals surface area contributed by atoms with Gasteiger partial charge < -0.3 is 5.73 Å². The van der Waals surface area contributed by atoms with E-state index in [1.807, 2.05) is 14.1 Å². The Hall–Kier alpha value is -0.860. The molecule has 0 bridgehead atoms. The van der Waals surface area contributed by atoms with Gasteiger partial charge in [0.1, 0.15) is 0 Å². The zero-order valence-corrected chi connectivity index (χ0v) is 10.2. The fourth-order valence-electron chi connectivity index (χ4n) is 1.46. The van der Waals surface area contributed by atoms with E-state index in [4.69, 9.17) is 5.73 Å². The van der Waals surface area contributed by atoms with Crippen molar-refractivity contribution in [2.75, 3.05) is 14.1 Å². The minimum absolute atomic E-state index is 0.270. The van der Waals surface area contributed by atoms with E-state index in [9.17, 15) is 0 Å². The standard InChI is InChI=1S/C13H22N2/c1-5-11-6-8-12(9-7-11)10-13(2,14)15(3)4/h6-9H,5,10,14H2,1-4H3. The van der Waals surface area contributed by atoms with Crippen LogP contribution in [0.2, 0.25) is 0 Å². The van der Waals surface area contributed by atoms with Gasteiger partial charge in [-0.3, -0.25) is 4.90 Å². The fourth-order valence-corrected chi connectivity index (χ4v) is 1.46. The van der Waals surface area contributed by atoms with Crippen LogP contribution < -0.4 is 5.73 Å². The molecule has 1 rings (SSSR count). The number of rotatable bonds is 4. The van der Waals surface area contributed by atoms with Crippen molar-refractivity contribution in [3.63, 3.8) is 0 Å². The van der Waals surface area contributed by atoms with Gasteiger partial charge in [-0.2, -0.15) is 0 Å². The molecule has 0 aliphatic heterocycles. The van der Waals surface area contributed by atoms with E-state index in [1.165, 1.54) is 11.1 Å². The molecule has 2 N–H and O–H groups in total. The van der Waals surface area contributed by atoms with Crippen molar-refractivity contribution < 1.29 is 0 Å². The first-order valence-corrected chi connectivity index (χ1v) is 5.50. The lowest BCUT2D eigenvalue weighted by Gasteiger charge is -2.32. The monoisotopic (exact) mass is 206 g/mol. The van der Waals surface area contributed by atoms with Gasteiger partial charge in [-0.05, 0) is 38.6 Å². The van der Waals surface area contributed by atoms with Gasteiger partial charge in [-0.25, -0.2) is 0 Å². The topological polar surface area (TPSA) is 29.3 Å². The molecule has 0 saturated carbocycles. The van der Waals surface area contributed by atoms with Crippen molar-refractivity contribution in [1.82, 2.24) is 4.90 Å². The molecule has 84 valence electrons. The third-order valence-corrected chi connectivity index (χ3v) is 3.01. The number of likely N-dealkylation sites (N-methyl/N-ethyl adjacent to an activating group) is 1. The summed E-state index contributed by atoms with van der Waals surface area (Å²) in [6.45, 7) is 4.22. The molecule has 2 nitrogen and oxygen atoms in total. The van der Waals surface area contributed by atoms with Gasteiger partial charge in [0.2, 0.25) is 0 Å². The number of hydrogen-bond acceptors (Lipinski definition) is 2. The Bertz CT molecular complexity index is 299. The molecular formula is C13H22N2. The highest BCUT2D eigenvalue weighted by molar-refractivity contribution is 5.23. The highest BCUT2D eigenvalue weighted by atomic mass is 15.2. The SMILES string of the molecule is CCc1ccc(CC(C)(N)N(C)C)cc1. The Labute approximate surface area is 93.1 Å². The molecule has 0 amide bonds. The first kappa shape index (κ1) is 12.2. The quantitative estimate of drug-likeness (QED) is 0.764. The minimum atomic E-state index is -0.270. The smallest absolute Gasteiger partial charge is 0.0694 e. The zero-order valence-electron chi connectivity index (χ0n) is 10.2. The van der Waals surface area contributed by atoms with Crippen LogP contribution in [0.1, 0.15) is 25.0 Å². The average Bonchev–Trinajstić information content (AvgIpc) is 2.18. The van der Waals surface area contributed by atoms with Gasteiger partial charge in [0.15, 0.2) is 0 Å². The van der Waals surface area contributed by atoms with Crippen molar-refractivity contribution in [2.45, 2.75) is 32.4 Å². The second kappa shape index (κ2) is 4.77. The Balaban J connectivity index is 2.73. The summed E-state index contributed by atoms with van der Waals surface area (Å²) < 4.78 is 0. The van der Waals surface area contributed by atoms with E-state index in [0.717, 1.165) is 12.8 Å². The van der Waals surface area contributed by atoms with E-state index >= 15 is 0 Å². The molecule has 1 unspecified atom stereocenters. The second-order valence-corrected chi connectivity index (χ2v) is 4.60. The summed E-state index contributed by atoms with van der Waals surface area (Å²) in [6, 6.07) is 8.71. The largest absolute Gasteiger partial charge is 0.313 e. The molecule has 0 heterocycles. The summed E-state index contributed by atoms with van der Waals surface area (Å²) >= 11 is 0. The molecular weight excluding hydrogens is 184 g/mol. The first-order chi connectivity index (χ1) is 6.95. The molecule has 0 aliphatic carbocycles. The van der Waals surface area contributed by atoms with Crippen LogP contribution in [0.15, 0.2) is 24.3 Å². The van der Waals surface area contributed by atoms with E-state index in [0.29, 0.717) is 0 Å². The summed E-state index contributed by atoms with van der Waals surface area (Å²) in [4.78, 5) is 2.06. The van der Waals surface area contributed by atoms with Crippen LogP contribution in [-0.2, 0) is 12.8 Å². The lowest BCUT2D eigenvalue weighted by Crippen LogP contribution is -2.51. The van der Waals surface area contributed by atoms with Gasteiger partial charge in [-0.1, -0.05) is 31.2 Å². The van der Waals surface area contributed by atoms with E-state index in [-0.39, 0.29) is 5.66 Å². The molecule has 0 spiro atoms. The maximum absolute atomic E-state index is 6.19. The second-order valence-electron chi connectivity index (χ2n) is 4.60. The summed E-state index contributed by atoms with van der Waals surface area (Å²) in [5.74, 6) is 0. The van der Waals surface area contributed by atoms with Crippen molar-refractivity contribution in [3.05, 3.63) is 35.4 Å². The Morgan fingerprint density at radius 2 is 1.60 bits per heavy atom. The summed E-state index contributed by atoms with van der Waals surface area (Å²) in [5, 5.41) is 0. The predicted octanol–water partition coefficient (Wildman–Crippen LogP) is 2.03. The number of hydrogen-bond donors (Lipinski definition) is 1. The zero-order chi connectivity index (χ0) is 11.5. The number of nitrogens with zero attached hydrogens (tertiary/aromatic N) is 1. The van der Waals surface area contributed by atoms with Gasteiger partial charge in [0.25, 0.3) is 0 Å². The Kier molecular flexibility index (Phi) is 3.89. The third-order valence-electron chi connectivity index (χ3n) is 3.01. The summed E-state index contributed by atoms with van der Waals surface area (Å²) in [7, 11) is 4.03. The Morgan fingerprint density at radius 1 is 1.13 bits per heavy atom. The van der Waals surface area contributed by atoms with Crippen LogP contribution in [0.5, 0.6) is 0 Å². The lowest BCUT2D eigenvalue weighted by atomic mass is 10.00. The van der Waals surface area contributed by atoms with Gasteiger partial charge >= 0.3 is 0 Å². The molecule has 0 aliphatic rings. The molecule has 0 fully saturated rings. The normalized spacial score (nSPS) is 15.3. The summed E-state index contributed by atoms with van der Waals surface area (Å²) in [6.07, 6.45) is 1.97. The molecule has 1 aromatic carbocycles. The molecule has 0 saturated heterocycles.